The normalized spacial score (nSPS) is 11.5. The number of rotatable bonds is 14. The van der Waals surface area contributed by atoms with Crippen LogP contribution in [0.4, 0.5) is 22.7 Å². The number of aromatic amines is 1. The molecule has 0 radical (unpaired) electrons. The van der Waals surface area contributed by atoms with Crippen molar-refractivity contribution in [2.24, 2.45) is 0 Å². The van der Waals surface area contributed by atoms with Gasteiger partial charge in [0.25, 0.3) is 23.6 Å². The summed E-state index contributed by atoms with van der Waals surface area (Å²) in [5.74, 6) is -6.94. The SMILES string of the molecule is COc1c(NC(=O)c2ccc(NC(=O)c3ccc(NC(=O)[C@H](C)NC(=O)c4ccc(NC(=O)/C(C)=C/c5ccc6[nH]c(=O)oc6c5)cc4)cc3)c(OC)c2O)ccc(C(=O)O)c1O. The highest BCUT2D eigenvalue weighted by Crippen LogP contribution is 2.40. The van der Waals surface area contributed by atoms with Crippen LogP contribution in [0.5, 0.6) is 23.0 Å². The number of hydrogen-bond acceptors (Lipinski definition) is 12. The number of nitrogens with one attached hydrogen (secondary N) is 6. The highest BCUT2D eigenvalue weighted by molar-refractivity contribution is 6.11. The molecule has 1 heterocycles. The van der Waals surface area contributed by atoms with E-state index >= 15 is 0 Å². The minimum atomic E-state index is -1.42. The van der Waals surface area contributed by atoms with E-state index in [2.05, 4.69) is 31.6 Å². The number of hydrogen-bond donors (Lipinski definition) is 9. The number of carbonyl (C=O) groups is 6. The first kappa shape index (κ1) is 43.7. The van der Waals surface area contributed by atoms with E-state index in [1.54, 1.807) is 31.2 Å². The van der Waals surface area contributed by atoms with Gasteiger partial charge in [-0.1, -0.05) is 6.07 Å². The van der Waals surface area contributed by atoms with Gasteiger partial charge in [0.2, 0.25) is 5.91 Å². The lowest BCUT2D eigenvalue weighted by molar-refractivity contribution is -0.117. The fourth-order valence-corrected chi connectivity index (χ4v) is 6.10. The summed E-state index contributed by atoms with van der Waals surface area (Å²) in [7, 11) is 2.37. The molecule has 0 saturated heterocycles. The number of H-pyrrole nitrogens is 1. The molecule has 6 rings (SSSR count). The van der Waals surface area contributed by atoms with Gasteiger partial charge in [-0.2, -0.15) is 0 Å². The Morgan fingerprint density at radius 2 is 1.22 bits per heavy atom. The zero-order valence-corrected chi connectivity index (χ0v) is 33.7. The fraction of sp³-hybridized carbons (Fsp3) is 0.114. The monoisotopic (exact) mass is 858 g/mol. The molecule has 322 valence electrons. The Labute approximate surface area is 356 Å². The molecule has 0 aliphatic heterocycles. The predicted octanol–water partition coefficient (Wildman–Crippen LogP) is 5.55. The van der Waals surface area contributed by atoms with Gasteiger partial charge >= 0.3 is 11.7 Å². The Morgan fingerprint density at radius 3 is 1.81 bits per heavy atom. The van der Waals surface area contributed by atoms with Crippen LogP contribution in [0.3, 0.4) is 0 Å². The average molecular weight is 859 g/mol. The molecule has 9 N–H and O–H groups in total. The van der Waals surface area contributed by atoms with E-state index in [1.165, 1.54) is 80.8 Å². The molecular weight excluding hydrogens is 821 g/mol. The van der Waals surface area contributed by atoms with E-state index in [0.717, 1.165) is 13.2 Å². The fourth-order valence-electron chi connectivity index (χ4n) is 6.10. The number of aromatic hydroxyl groups is 2. The van der Waals surface area contributed by atoms with Gasteiger partial charge in [0.1, 0.15) is 11.6 Å². The zero-order chi connectivity index (χ0) is 45.5. The van der Waals surface area contributed by atoms with E-state index in [9.17, 15) is 48.9 Å². The van der Waals surface area contributed by atoms with Crippen molar-refractivity contribution in [1.29, 1.82) is 0 Å². The quantitative estimate of drug-likeness (QED) is 0.0608. The first-order chi connectivity index (χ1) is 30.1. The third-order valence-corrected chi connectivity index (χ3v) is 9.39. The van der Waals surface area contributed by atoms with Crippen LogP contribution >= 0.6 is 0 Å². The molecule has 1 atom stereocenters. The lowest BCUT2D eigenvalue weighted by Crippen LogP contribution is -2.41. The summed E-state index contributed by atoms with van der Waals surface area (Å²) in [6.45, 7) is 3.10. The van der Waals surface area contributed by atoms with Gasteiger partial charge in [-0.25, -0.2) is 9.59 Å². The van der Waals surface area contributed by atoms with Crippen molar-refractivity contribution >= 4 is 75.4 Å². The molecule has 0 aliphatic carbocycles. The van der Waals surface area contributed by atoms with Gasteiger partial charge in [0, 0.05) is 28.1 Å². The van der Waals surface area contributed by atoms with Crippen molar-refractivity contribution in [2.75, 3.05) is 35.5 Å². The first-order valence-corrected chi connectivity index (χ1v) is 18.7. The number of aromatic carboxylic acids is 1. The number of amides is 5. The summed E-state index contributed by atoms with van der Waals surface area (Å²) in [4.78, 5) is 90.3. The molecule has 63 heavy (non-hydrogen) atoms. The number of methoxy groups -OCH3 is 2. The summed E-state index contributed by atoms with van der Waals surface area (Å²) >= 11 is 0. The number of benzene rings is 5. The van der Waals surface area contributed by atoms with Crippen LogP contribution < -0.4 is 41.8 Å². The van der Waals surface area contributed by atoms with Crippen LogP contribution in [-0.2, 0) is 9.59 Å². The Hall–Kier alpha value is -8.87. The second kappa shape index (κ2) is 18.6. The maximum Gasteiger partial charge on any atom is 0.417 e. The Kier molecular flexibility index (Phi) is 12.9. The molecule has 0 aliphatic rings. The van der Waals surface area contributed by atoms with Gasteiger partial charge in [-0.3, -0.25) is 29.0 Å². The number of aromatic nitrogens is 1. The van der Waals surface area contributed by atoms with E-state index in [0.29, 0.717) is 33.6 Å². The van der Waals surface area contributed by atoms with Crippen LogP contribution in [0.25, 0.3) is 17.2 Å². The number of carboxylic acid groups (broad SMARTS) is 1. The van der Waals surface area contributed by atoms with Gasteiger partial charge in [-0.15, -0.1) is 0 Å². The third kappa shape index (κ3) is 9.95. The van der Waals surface area contributed by atoms with Gasteiger partial charge < -0.3 is 55.8 Å². The molecular formula is C44H38N6O13. The zero-order valence-electron chi connectivity index (χ0n) is 33.7. The maximum atomic E-state index is 13.2. The highest BCUT2D eigenvalue weighted by atomic mass is 16.5. The third-order valence-electron chi connectivity index (χ3n) is 9.39. The van der Waals surface area contributed by atoms with Crippen LogP contribution in [0, 0.1) is 0 Å². The number of carbonyl (C=O) groups excluding carboxylic acids is 5. The van der Waals surface area contributed by atoms with Crippen molar-refractivity contribution in [2.45, 2.75) is 19.9 Å². The summed E-state index contributed by atoms with van der Waals surface area (Å²) in [6.07, 6.45) is 1.63. The highest BCUT2D eigenvalue weighted by Gasteiger charge is 2.24. The molecule has 19 heteroatoms. The van der Waals surface area contributed by atoms with Gasteiger partial charge in [0.15, 0.2) is 28.6 Å². The van der Waals surface area contributed by atoms with E-state index in [4.69, 9.17) is 13.9 Å². The molecule has 0 bridgehead atoms. The predicted molar refractivity (Wildman–Crippen MR) is 230 cm³/mol. The minimum absolute atomic E-state index is 0.00270. The summed E-state index contributed by atoms with van der Waals surface area (Å²) < 4.78 is 15.4. The molecule has 0 fully saturated rings. The van der Waals surface area contributed by atoms with E-state index in [1.807, 2.05) is 0 Å². The van der Waals surface area contributed by atoms with Crippen LogP contribution in [0.15, 0.2) is 106 Å². The number of oxazole rings is 1. The molecule has 0 saturated carbocycles. The standard InChI is InChI=1S/C44H38N6O13/c1-21(19-23-5-16-30-33(20-23)63-44(60)50-30)38(53)46-26-10-6-24(7-11-26)40(55)45-22(2)39(54)47-27-12-8-25(9-13-27)41(56)48-31-17-14-28(34(51)36(31)61-3)42(57)49-32-18-15-29(43(58)59)35(52)37(32)62-4/h5-20,22,51-52H,1-4H3,(H,45,55)(H,46,53)(H,47,54)(H,48,56)(H,49,57)(H,50,60)(H,58,59)/b21-19+/t22-/m0/s1. The van der Waals surface area contributed by atoms with Gasteiger partial charge in [-0.05, 0) is 110 Å². The number of ether oxygens (including phenoxy) is 2. The molecule has 5 aromatic carbocycles. The second-order valence-corrected chi connectivity index (χ2v) is 13.7. The number of phenols is 2. The minimum Gasteiger partial charge on any atom is -0.504 e. The molecule has 6 aromatic rings. The van der Waals surface area contributed by atoms with Crippen molar-refractivity contribution in [1.82, 2.24) is 10.3 Å². The summed E-state index contributed by atoms with van der Waals surface area (Å²) in [5.41, 5.74) is 2.19. The Bertz CT molecular complexity index is 2880. The largest absolute Gasteiger partial charge is 0.504 e. The first-order valence-electron chi connectivity index (χ1n) is 18.7. The second-order valence-electron chi connectivity index (χ2n) is 13.7. The van der Waals surface area contributed by atoms with Crippen molar-refractivity contribution in [3.63, 3.8) is 0 Å². The van der Waals surface area contributed by atoms with Crippen molar-refractivity contribution < 1.29 is 58.0 Å². The number of phenolic OH excluding ortho intramolecular Hbond substituents is 1. The molecule has 0 spiro atoms. The molecule has 0 unspecified atom stereocenters. The lowest BCUT2D eigenvalue weighted by atomic mass is 10.1. The van der Waals surface area contributed by atoms with Gasteiger partial charge in [0.05, 0.1) is 36.7 Å². The molecule has 1 aromatic heterocycles. The van der Waals surface area contributed by atoms with Crippen LogP contribution in [0.1, 0.15) is 60.8 Å². The maximum absolute atomic E-state index is 13.2. The summed E-state index contributed by atoms with van der Waals surface area (Å²) in [5, 5.41) is 43.5. The van der Waals surface area contributed by atoms with E-state index < -0.39 is 64.4 Å². The smallest absolute Gasteiger partial charge is 0.417 e. The number of fused-ring (bicyclic) bond motifs is 1. The Morgan fingerprint density at radius 1 is 0.683 bits per heavy atom. The Balaban J connectivity index is 1.01. The van der Waals surface area contributed by atoms with Crippen molar-refractivity contribution in [3.8, 4) is 23.0 Å². The van der Waals surface area contributed by atoms with Crippen LogP contribution in [0.2, 0.25) is 0 Å². The topological polar surface area (TPSA) is 288 Å². The number of anilines is 4. The average Bonchev–Trinajstić information content (AvgIpc) is 3.63. The van der Waals surface area contributed by atoms with Crippen molar-refractivity contribution in [3.05, 3.63) is 135 Å². The molecule has 5 amide bonds. The lowest BCUT2D eigenvalue weighted by Gasteiger charge is -2.16. The number of carboxylic acids is 1. The van der Waals surface area contributed by atoms with E-state index in [-0.39, 0.29) is 39.6 Å². The van der Waals surface area contributed by atoms with Crippen LogP contribution in [-0.4, -0.2) is 76.1 Å². The summed E-state index contributed by atoms with van der Waals surface area (Å²) in [6, 6.07) is 20.6. The molecule has 19 nitrogen and oxygen atoms in total.